The van der Waals surface area contributed by atoms with Crippen LogP contribution in [0.1, 0.15) is 38.5 Å². The Bertz CT molecular complexity index is 272. The van der Waals surface area contributed by atoms with Crippen LogP contribution < -0.4 is 5.32 Å². The summed E-state index contributed by atoms with van der Waals surface area (Å²) in [6, 6.07) is 0.482. The normalized spacial score (nSPS) is 40.4. The third kappa shape index (κ3) is 2.50. The first-order valence-corrected chi connectivity index (χ1v) is 6.87. The molecule has 0 radical (unpaired) electrons. The van der Waals surface area contributed by atoms with Crippen LogP contribution >= 0.6 is 0 Å². The Morgan fingerprint density at radius 3 is 2.76 bits per heavy atom. The minimum absolute atomic E-state index is 0.0296. The maximum absolute atomic E-state index is 10.1. The Kier molecular flexibility index (Phi) is 3.15. The third-order valence-corrected chi connectivity index (χ3v) is 4.56. The molecule has 2 N–H and O–H groups in total. The average molecular weight is 241 g/mol. The molecule has 0 aromatic carbocycles. The molecule has 1 spiro atoms. The summed E-state index contributed by atoms with van der Waals surface area (Å²) in [4.78, 5) is 0. The zero-order chi connectivity index (χ0) is 11.8. The highest BCUT2D eigenvalue weighted by atomic mass is 16.6. The van der Waals surface area contributed by atoms with Gasteiger partial charge >= 0.3 is 0 Å². The minimum Gasteiger partial charge on any atom is -0.389 e. The van der Waals surface area contributed by atoms with Crippen LogP contribution in [0.5, 0.6) is 0 Å². The highest BCUT2D eigenvalue weighted by Crippen LogP contribution is 2.34. The van der Waals surface area contributed by atoms with E-state index in [0.29, 0.717) is 6.04 Å². The molecule has 2 saturated heterocycles. The molecule has 4 nitrogen and oxygen atoms in total. The van der Waals surface area contributed by atoms with Crippen molar-refractivity contribution in [2.24, 2.45) is 0 Å². The van der Waals surface area contributed by atoms with E-state index in [2.05, 4.69) is 5.32 Å². The summed E-state index contributed by atoms with van der Waals surface area (Å²) in [7, 11) is 0. The van der Waals surface area contributed by atoms with Crippen molar-refractivity contribution in [2.75, 3.05) is 26.4 Å². The largest absolute Gasteiger partial charge is 0.389 e. The topological polar surface area (TPSA) is 50.7 Å². The van der Waals surface area contributed by atoms with Crippen LogP contribution in [0.15, 0.2) is 0 Å². The Balaban J connectivity index is 1.50. The SMILES string of the molecule is OC1(CNC2CCOC3(CCOC3)C2)CCC1. The third-order valence-electron chi connectivity index (χ3n) is 4.56. The fourth-order valence-electron chi connectivity index (χ4n) is 3.16. The zero-order valence-electron chi connectivity index (χ0n) is 10.4. The van der Waals surface area contributed by atoms with Gasteiger partial charge in [-0.3, -0.25) is 0 Å². The van der Waals surface area contributed by atoms with Gasteiger partial charge in [0.05, 0.1) is 17.8 Å². The number of rotatable bonds is 3. The summed E-state index contributed by atoms with van der Waals surface area (Å²) in [6.45, 7) is 3.14. The molecule has 1 aliphatic carbocycles. The Morgan fingerprint density at radius 1 is 1.24 bits per heavy atom. The molecule has 3 rings (SSSR count). The Labute approximate surface area is 103 Å². The van der Waals surface area contributed by atoms with Crippen molar-refractivity contribution in [1.82, 2.24) is 5.32 Å². The van der Waals surface area contributed by atoms with Crippen LogP contribution in [0.25, 0.3) is 0 Å². The molecule has 3 fully saturated rings. The van der Waals surface area contributed by atoms with E-state index >= 15 is 0 Å². The first-order valence-electron chi connectivity index (χ1n) is 6.87. The van der Waals surface area contributed by atoms with Gasteiger partial charge < -0.3 is 19.9 Å². The lowest BCUT2D eigenvalue weighted by Crippen LogP contribution is -2.53. The van der Waals surface area contributed by atoms with Gasteiger partial charge in [0.15, 0.2) is 0 Å². The Morgan fingerprint density at radius 2 is 2.12 bits per heavy atom. The van der Waals surface area contributed by atoms with Crippen LogP contribution in [0.3, 0.4) is 0 Å². The molecule has 0 amide bonds. The van der Waals surface area contributed by atoms with Crippen molar-refractivity contribution in [2.45, 2.75) is 55.8 Å². The Hall–Kier alpha value is -0.160. The van der Waals surface area contributed by atoms with Gasteiger partial charge in [0.2, 0.25) is 0 Å². The van der Waals surface area contributed by atoms with Gasteiger partial charge in [0, 0.05) is 32.2 Å². The molecule has 0 aromatic rings. The first kappa shape index (κ1) is 11.9. The summed E-state index contributed by atoms with van der Waals surface area (Å²) in [5.41, 5.74) is -0.449. The number of hydrogen-bond acceptors (Lipinski definition) is 4. The van der Waals surface area contributed by atoms with E-state index in [1.165, 1.54) is 6.42 Å². The van der Waals surface area contributed by atoms with Crippen molar-refractivity contribution in [3.63, 3.8) is 0 Å². The predicted molar refractivity (Wildman–Crippen MR) is 63.9 cm³/mol. The van der Waals surface area contributed by atoms with Crippen LogP contribution in [0.4, 0.5) is 0 Å². The molecule has 3 aliphatic rings. The van der Waals surface area contributed by atoms with Crippen LogP contribution in [0, 0.1) is 0 Å². The molecule has 0 bridgehead atoms. The molecule has 0 aromatic heterocycles. The highest BCUT2D eigenvalue weighted by Gasteiger charge is 2.42. The van der Waals surface area contributed by atoms with E-state index in [0.717, 1.165) is 58.5 Å². The van der Waals surface area contributed by atoms with E-state index in [4.69, 9.17) is 9.47 Å². The molecular weight excluding hydrogens is 218 g/mol. The molecule has 98 valence electrons. The van der Waals surface area contributed by atoms with Crippen LogP contribution in [0.2, 0.25) is 0 Å². The lowest BCUT2D eigenvalue weighted by atomic mass is 9.80. The van der Waals surface area contributed by atoms with Crippen molar-refractivity contribution in [3.8, 4) is 0 Å². The van der Waals surface area contributed by atoms with E-state index in [1.807, 2.05) is 0 Å². The number of hydrogen-bond donors (Lipinski definition) is 2. The van der Waals surface area contributed by atoms with Crippen LogP contribution in [-0.4, -0.2) is 48.7 Å². The summed E-state index contributed by atoms with van der Waals surface area (Å²) < 4.78 is 11.4. The maximum atomic E-state index is 10.1. The molecule has 4 heteroatoms. The second-order valence-corrected chi connectivity index (χ2v) is 5.98. The predicted octanol–water partition coefficient (Wildman–Crippen LogP) is 0.829. The molecule has 2 unspecified atom stereocenters. The molecule has 2 atom stereocenters. The summed E-state index contributed by atoms with van der Waals surface area (Å²) >= 11 is 0. The van der Waals surface area contributed by atoms with E-state index < -0.39 is 5.60 Å². The molecule has 17 heavy (non-hydrogen) atoms. The quantitative estimate of drug-likeness (QED) is 0.768. The summed E-state index contributed by atoms with van der Waals surface area (Å²) in [6.07, 6.45) is 6.19. The molecular formula is C13H23NO3. The molecule has 2 aliphatic heterocycles. The molecule has 2 heterocycles. The van der Waals surface area contributed by atoms with Crippen molar-refractivity contribution in [3.05, 3.63) is 0 Å². The standard InChI is InChI=1S/C13H23NO3/c15-12(3-1-4-12)9-14-11-2-6-17-13(8-11)5-7-16-10-13/h11,14-15H,1-10H2. The van der Waals surface area contributed by atoms with Gasteiger partial charge in [0.1, 0.15) is 0 Å². The van der Waals surface area contributed by atoms with Crippen molar-refractivity contribution < 1.29 is 14.6 Å². The van der Waals surface area contributed by atoms with E-state index in [-0.39, 0.29) is 5.60 Å². The van der Waals surface area contributed by atoms with Gasteiger partial charge in [-0.2, -0.15) is 0 Å². The first-order chi connectivity index (χ1) is 8.20. The van der Waals surface area contributed by atoms with E-state index in [1.54, 1.807) is 0 Å². The van der Waals surface area contributed by atoms with E-state index in [9.17, 15) is 5.11 Å². The lowest BCUT2D eigenvalue weighted by Gasteiger charge is -2.41. The fraction of sp³-hybridized carbons (Fsp3) is 1.00. The zero-order valence-corrected chi connectivity index (χ0v) is 10.4. The van der Waals surface area contributed by atoms with Crippen molar-refractivity contribution in [1.29, 1.82) is 0 Å². The average Bonchev–Trinajstić information content (AvgIpc) is 2.72. The van der Waals surface area contributed by atoms with Crippen LogP contribution in [-0.2, 0) is 9.47 Å². The lowest BCUT2D eigenvalue weighted by molar-refractivity contribution is -0.0944. The van der Waals surface area contributed by atoms with Gasteiger partial charge in [-0.1, -0.05) is 0 Å². The number of aliphatic hydroxyl groups is 1. The van der Waals surface area contributed by atoms with Gasteiger partial charge in [-0.15, -0.1) is 0 Å². The minimum atomic E-state index is -0.419. The number of nitrogens with one attached hydrogen (secondary N) is 1. The summed E-state index contributed by atoms with van der Waals surface area (Å²) in [5, 5.41) is 13.6. The summed E-state index contributed by atoms with van der Waals surface area (Å²) in [5.74, 6) is 0. The highest BCUT2D eigenvalue weighted by molar-refractivity contribution is 4.95. The number of ether oxygens (including phenoxy) is 2. The monoisotopic (exact) mass is 241 g/mol. The second kappa shape index (κ2) is 4.50. The smallest absolute Gasteiger partial charge is 0.0951 e. The fourth-order valence-corrected chi connectivity index (χ4v) is 3.16. The van der Waals surface area contributed by atoms with Crippen molar-refractivity contribution >= 4 is 0 Å². The van der Waals surface area contributed by atoms with Gasteiger partial charge in [-0.25, -0.2) is 0 Å². The molecule has 1 saturated carbocycles. The second-order valence-electron chi connectivity index (χ2n) is 5.98. The van der Waals surface area contributed by atoms with Gasteiger partial charge in [-0.05, 0) is 32.1 Å². The maximum Gasteiger partial charge on any atom is 0.0951 e. The van der Waals surface area contributed by atoms with Gasteiger partial charge in [0.25, 0.3) is 0 Å².